The maximum Gasteiger partial charge on any atom is 0.0943 e. The van der Waals surface area contributed by atoms with E-state index >= 15 is 0 Å². The molecule has 0 amide bonds. The van der Waals surface area contributed by atoms with E-state index in [2.05, 4.69) is 78.9 Å². The van der Waals surface area contributed by atoms with Gasteiger partial charge in [-0.25, -0.2) is 0 Å². The molecule has 0 saturated heterocycles. The topological polar surface area (TPSA) is 15.3 Å². The molecule has 1 N–H and O–H groups in total. The fraction of sp³-hybridized carbons (Fsp3) is 0.765. The molecule has 112 valence electrons. The van der Waals surface area contributed by atoms with Gasteiger partial charge in [-0.05, 0) is 17.3 Å². The highest BCUT2D eigenvalue weighted by atomic mass is 15.3. The van der Waals surface area contributed by atoms with Gasteiger partial charge in [-0.1, -0.05) is 61.1 Å². The van der Waals surface area contributed by atoms with Gasteiger partial charge >= 0.3 is 0 Å². The molecule has 0 saturated carbocycles. The van der Waals surface area contributed by atoms with Crippen LogP contribution in [0.15, 0.2) is 25.1 Å². The third-order valence-corrected chi connectivity index (χ3v) is 3.77. The Morgan fingerprint density at radius 1 is 1.16 bits per heavy atom. The van der Waals surface area contributed by atoms with Gasteiger partial charge in [0, 0.05) is 13.1 Å². The van der Waals surface area contributed by atoms with Crippen LogP contribution in [0.25, 0.3) is 0 Å². The van der Waals surface area contributed by atoms with Crippen LogP contribution in [0, 0.1) is 10.8 Å². The van der Waals surface area contributed by atoms with E-state index in [1.807, 2.05) is 6.08 Å². The lowest BCUT2D eigenvalue weighted by atomic mass is 9.84. The fourth-order valence-electron chi connectivity index (χ4n) is 2.57. The van der Waals surface area contributed by atoms with Crippen molar-refractivity contribution in [3.05, 3.63) is 25.1 Å². The van der Waals surface area contributed by atoms with Crippen LogP contribution in [0.5, 0.6) is 0 Å². The van der Waals surface area contributed by atoms with Gasteiger partial charge in [0.05, 0.1) is 11.9 Å². The Kier molecular flexibility index (Phi) is 6.18. The number of nitrogens with one attached hydrogen (secondary N) is 1. The Labute approximate surface area is 121 Å². The van der Waals surface area contributed by atoms with Crippen molar-refractivity contribution >= 4 is 0 Å². The molecule has 0 rings (SSSR count). The summed E-state index contributed by atoms with van der Waals surface area (Å²) in [5.74, 6) is 0.974. The zero-order chi connectivity index (χ0) is 15.4. The van der Waals surface area contributed by atoms with Gasteiger partial charge < -0.3 is 10.2 Å². The summed E-state index contributed by atoms with van der Waals surface area (Å²) in [4.78, 5) is 2.27. The van der Waals surface area contributed by atoms with E-state index in [1.54, 1.807) is 0 Å². The monoisotopic (exact) mass is 266 g/mol. The van der Waals surface area contributed by atoms with Gasteiger partial charge in [-0.3, -0.25) is 0 Å². The van der Waals surface area contributed by atoms with Crippen molar-refractivity contribution in [2.24, 2.45) is 10.8 Å². The second kappa shape index (κ2) is 6.49. The summed E-state index contributed by atoms with van der Waals surface area (Å²) >= 11 is 0. The highest BCUT2D eigenvalue weighted by Crippen LogP contribution is 2.28. The SMILES string of the molecule is C=CC(NC(=C)N(C)C(CC)C(C)(C)C)C(C)(C)C. The average molecular weight is 266 g/mol. The maximum absolute atomic E-state index is 4.21. The number of hydrogen-bond acceptors (Lipinski definition) is 2. The van der Waals surface area contributed by atoms with Crippen molar-refractivity contribution in [2.75, 3.05) is 7.05 Å². The third-order valence-electron chi connectivity index (χ3n) is 3.77. The van der Waals surface area contributed by atoms with E-state index < -0.39 is 0 Å². The summed E-state index contributed by atoms with van der Waals surface area (Å²) in [5, 5.41) is 3.51. The molecule has 0 aromatic carbocycles. The largest absolute Gasteiger partial charge is 0.366 e. The molecule has 2 heteroatoms. The molecule has 0 aromatic rings. The van der Waals surface area contributed by atoms with Crippen molar-refractivity contribution < 1.29 is 0 Å². The van der Waals surface area contributed by atoms with Crippen LogP contribution in [-0.2, 0) is 0 Å². The Hall–Kier alpha value is -0.920. The minimum absolute atomic E-state index is 0.134. The van der Waals surface area contributed by atoms with Crippen LogP contribution in [-0.4, -0.2) is 24.0 Å². The van der Waals surface area contributed by atoms with Gasteiger partial charge in [0.25, 0.3) is 0 Å². The molecule has 0 fully saturated rings. The molecule has 2 unspecified atom stereocenters. The van der Waals surface area contributed by atoms with Gasteiger partial charge in [0.2, 0.25) is 0 Å². The molecule has 0 heterocycles. The summed E-state index contributed by atoms with van der Waals surface area (Å²) in [7, 11) is 2.12. The van der Waals surface area contributed by atoms with Gasteiger partial charge in [0.15, 0.2) is 0 Å². The molecule has 0 aliphatic rings. The van der Waals surface area contributed by atoms with Crippen LogP contribution < -0.4 is 5.32 Å². The average Bonchev–Trinajstić information content (AvgIpc) is 2.22. The quantitative estimate of drug-likeness (QED) is 0.717. The molecule has 0 bridgehead atoms. The maximum atomic E-state index is 4.21. The summed E-state index contributed by atoms with van der Waals surface area (Å²) < 4.78 is 0. The molecular formula is C17H34N2. The van der Waals surface area contributed by atoms with Crippen LogP contribution in [0.4, 0.5) is 0 Å². The van der Waals surface area contributed by atoms with E-state index in [0.717, 1.165) is 12.2 Å². The van der Waals surface area contributed by atoms with Gasteiger partial charge in [0.1, 0.15) is 0 Å². The Morgan fingerprint density at radius 3 is 1.89 bits per heavy atom. The van der Waals surface area contributed by atoms with Crippen molar-refractivity contribution in [3.63, 3.8) is 0 Å². The standard InChI is InChI=1S/C17H34N2/c1-11-14(16(4,5)6)18-13(3)19(10)15(12-2)17(7,8)9/h11,14-15,18H,1,3,12H2,2,4-10H3. The zero-order valence-electron chi connectivity index (χ0n) is 14.3. The molecule has 0 spiro atoms. The van der Waals surface area contributed by atoms with Gasteiger partial charge in [-0.15, -0.1) is 6.58 Å². The van der Waals surface area contributed by atoms with E-state index in [0.29, 0.717) is 6.04 Å². The van der Waals surface area contributed by atoms with Crippen molar-refractivity contribution in [1.29, 1.82) is 0 Å². The van der Waals surface area contributed by atoms with Crippen LogP contribution in [0.3, 0.4) is 0 Å². The lowest BCUT2D eigenvalue weighted by Gasteiger charge is -2.42. The molecule has 2 atom stereocenters. The first-order chi connectivity index (χ1) is 8.45. The van der Waals surface area contributed by atoms with Crippen LogP contribution in [0.1, 0.15) is 54.9 Å². The third kappa shape index (κ3) is 5.30. The van der Waals surface area contributed by atoms with Crippen molar-refractivity contribution in [2.45, 2.75) is 67.0 Å². The summed E-state index contributed by atoms with van der Waals surface area (Å²) in [6.07, 6.45) is 3.08. The zero-order valence-corrected chi connectivity index (χ0v) is 14.3. The Balaban J connectivity index is 4.87. The second-order valence-corrected chi connectivity index (χ2v) is 7.57. The van der Waals surface area contributed by atoms with Crippen molar-refractivity contribution in [3.8, 4) is 0 Å². The lowest BCUT2D eigenvalue weighted by Crippen LogP contribution is -2.47. The predicted molar refractivity (Wildman–Crippen MR) is 87.0 cm³/mol. The van der Waals surface area contributed by atoms with E-state index in [4.69, 9.17) is 0 Å². The number of hydrogen-bond donors (Lipinski definition) is 1. The fourth-order valence-corrected chi connectivity index (χ4v) is 2.57. The second-order valence-electron chi connectivity index (χ2n) is 7.57. The highest BCUT2D eigenvalue weighted by Gasteiger charge is 2.29. The molecule has 19 heavy (non-hydrogen) atoms. The van der Waals surface area contributed by atoms with E-state index in [9.17, 15) is 0 Å². The Morgan fingerprint density at radius 2 is 1.63 bits per heavy atom. The normalized spacial score (nSPS) is 15.6. The first-order valence-corrected chi connectivity index (χ1v) is 7.26. The first kappa shape index (κ1) is 18.1. The molecule has 0 radical (unpaired) electrons. The lowest BCUT2D eigenvalue weighted by molar-refractivity contribution is 0.140. The Bertz CT molecular complexity index is 304. The minimum atomic E-state index is 0.134. The number of rotatable bonds is 6. The summed E-state index contributed by atoms with van der Waals surface area (Å²) in [5.41, 5.74) is 0.370. The van der Waals surface area contributed by atoms with E-state index in [1.165, 1.54) is 0 Å². The van der Waals surface area contributed by atoms with Crippen molar-refractivity contribution in [1.82, 2.24) is 10.2 Å². The summed E-state index contributed by atoms with van der Waals surface area (Å²) in [6.45, 7) is 23.8. The first-order valence-electron chi connectivity index (χ1n) is 7.26. The highest BCUT2D eigenvalue weighted by molar-refractivity contribution is 5.04. The van der Waals surface area contributed by atoms with E-state index in [-0.39, 0.29) is 16.9 Å². The predicted octanol–water partition coefficient (Wildman–Crippen LogP) is 4.40. The smallest absolute Gasteiger partial charge is 0.0943 e. The van der Waals surface area contributed by atoms with Crippen LogP contribution in [0.2, 0.25) is 0 Å². The molecule has 2 nitrogen and oxygen atoms in total. The summed E-state index contributed by atoms with van der Waals surface area (Å²) in [6, 6.07) is 0.692. The van der Waals surface area contributed by atoms with Gasteiger partial charge in [-0.2, -0.15) is 0 Å². The molecule has 0 aliphatic heterocycles. The van der Waals surface area contributed by atoms with Crippen LogP contribution >= 0.6 is 0 Å². The molecular weight excluding hydrogens is 232 g/mol. The molecule has 0 aliphatic carbocycles. The number of nitrogens with zero attached hydrogens (tertiary/aromatic N) is 1. The molecule has 0 aromatic heterocycles. The minimum Gasteiger partial charge on any atom is -0.366 e.